The molecule has 0 aromatic heterocycles. The molecule has 1 fully saturated rings. The van der Waals surface area contributed by atoms with E-state index in [9.17, 15) is 0 Å². The van der Waals surface area contributed by atoms with Crippen LogP contribution in [0.2, 0.25) is 0 Å². The van der Waals surface area contributed by atoms with Crippen LogP contribution in [0.3, 0.4) is 0 Å². The summed E-state index contributed by atoms with van der Waals surface area (Å²) in [4.78, 5) is 4.83. The first-order chi connectivity index (χ1) is 6.19. The summed E-state index contributed by atoms with van der Waals surface area (Å²) in [6.07, 6.45) is 1.24. The van der Waals surface area contributed by atoms with Crippen molar-refractivity contribution in [2.45, 2.75) is 25.4 Å². The van der Waals surface area contributed by atoms with Crippen molar-refractivity contribution in [3.8, 4) is 0 Å². The Labute approximate surface area is 81.7 Å². The Morgan fingerprint density at radius 3 is 2.62 bits per heavy atom. The van der Waals surface area contributed by atoms with E-state index in [0.717, 1.165) is 13.2 Å². The molecule has 78 valence electrons. The molecule has 0 saturated carbocycles. The maximum Gasteiger partial charge on any atom is 0.0618 e. The summed E-state index contributed by atoms with van der Waals surface area (Å²) < 4.78 is 5.23. The summed E-state index contributed by atoms with van der Waals surface area (Å²) in [5.41, 5.74) is 0. The van der Waals surface area contributed by atoms with Crippen LogP contribution < -0.4 is 0 Å². The van der Waals surface area contributed by atoms with Crippen molar-refractivity contribution >= 4 is 0 Å². The van der Waals surface area contributed by atoms with Gasteiger partial charge in [0.15, 0.2) is 0 Å². The highest BCUT2D eigenvalue weighted by Crippen LogP contribution is 2.20. The Morgan fingerprint density at radius 1 is 1.46 bits per heavy atom. The van der Waals surface area contributed by atoms with Crippen LogP contribution in [0.25, 0.3) is 0 Å². The van der Waals surface area contributed by atoms with E-state index < -0.39 is 0 Å². The molecule has 0 spiro atoms. The van der Waals surface area contributed by atoms with Crippen LogP contribution in [0.1, 0.15) is 13.3 Å². The Hall–Kier alpha value is -0.120. The molecule has 1 saturated heterocycles. The van der Waals surface area contributed by atoms with Crippen LogP contribution in [0.5, 0.6) is 0 Å². The lowest BCUT2D eigenvalue weighted by Gasteiger charge is -2.21. The number of methoxy groups -OCH3 is 1. The quantitative estimate of drug-likeness (QED) is 0.641. The molecule has 3 nitrogen and oxygen atoms in total. The predicted octanol–water partition coefficient (Wildman–Crippen LogP) is 0.657. The monoisotopic (exact) mass is 186 g/mol. The van der Waals surface area contributed by atoms with E-state index in [2.05, 4.69) is 30.8 Å². The molecule has 13 heavy (non-hydrogen) atoms. The molecule has 0 aromatic carbocycles. The van der Waals surface area contributed by atoms with Crippen LogP contribution >= 0.6 is 0 Å². The van der Waals surface area contributed by atoms with Crippen LogP contribution in [-0.4, -0.2) is 62.8 Å². The average molecular weight is 186 g/mol. The first-order valence-electron chi connectivity index (χ1n) is 5.08. The molecular formula is C10H22N2O. The van der Waals surface area contributed by atoms with Gasteiger partial charge >= 0.3 is 0 Å². The van der Waals surface area contributed by atoms with Gasteiger partial charge in [-0.2, -0.15) is 0 Å². The molecule has 1 aliphatic heterocycles. The predicted molar refractivity (Wildman–Crippen MR) is 55.0 cm³/mol. The standard InChI is InChI=1S/C10H22N2O/c1-5-12-7-9(11(2)3)6-10(12)8-13-4/h9-10H,5-8H2,1-4H3. The topological polar surface area (TPSA) is 15.7 Å². The Kier molecular flexibility index (Phi) is 4.16. The summed E-state index contributed by atoms with van der Waals surface area (Å²) in [5.74, 6) is 0. The number of likely N-dealkylation sites (N-methyl/N-ethyl adjacent to an activating group) is 2. The maximum absolute atomic E-state index is 5.23. The molecule has 2 atom stereocenters. The van der Waals surface area contributed by atoms with Crippen LogP contribution in [0.15, 0.2) is 0 Å². The van der Waals surface area contributed by atoms with Crippen LogP contribution in [0, 0.1) is 0 Å². The van der Waals surface area contributed by atoms with E-state index >= 15 is 0 Å². The summed E-state index contributed by atoms with van der Waals surface area (Å²) >= 11 is 0. The maximum atomic E-state index is 5.23. The normalized spacial score (nSPS) is 30.2. The molecule has 2 unspecified atom stereocenters. The fraction of sp³-hybridized carbons (Fsp3) is 1.00. The van der Waals surface area contributed by atoms with Gasteiger partial charge in [0.1, 0.15) is 0 Å². The fourth-order valence-electron chi connectivity index (χ4n) is 2.08. The highest BCUT2D eigenvalue weighted by molar-refractivity contribution is 4.88. The second kappa shape index (κ2) is 4.94. The molecule has 0 aliphatic carbocycles. The van der Waals surface area contributed by atoms with Crippen LogP contribution in [0.4, 0.5) is 0 Å². The lowest BCUT2D eigenvalue weighted by molar-refractivity contribution is 0.119. The van der Waals surface area contributed by atoms with Crippen LogP contribution in [-0.2, 0) is 4.74 Å². The zero-order valence-electron chi connectivity index (χ0n) is 9.29. The number of ether oxygens (including phenoxy) is 1. The lowest BCUT2D eigenvalue weighted by Crippen LogP contribution is -2.33. The van der Waals surface area contributed by atoms with E-state index in [1.54, 1.807) is 7.11 Å². The van der Waals surface area contributed by atoms with Crippen molar-refractivity contribution in [3.63, 3.8) is 0 Å². The zero-order valence-corrected chi connectivity index (χ0v) is 9.29. The van der Waals surface area contributed by atoms with Gasteiger partial charge in [-0.25, -0.2) is 0 Å². The molecule has 0 N–H and O–H groups in total. The number of hydrogen-bond donors (Lipinski definition) is 0. The third-order valence-corrected chi connectivity index (χ3v) is 3.00. The molecule has 1 rings (SSSR count). The Morgan fingerprint density at radius 2 is 2.15 bits per heavy atom. The van der Waals surface area contributed by atoms with Gasteiger partial charge in [0.25, 0.3) is 0 Å². The summed E-state index contributed by atoms with van der Waals surface area (Å²) in [6, 6.07) is 1.34. The molecular weight excluding hydrogens is 164 g/mol. The van der Waals surface area contributed by atoms with Gasteiger partial charge in [-0.3, -0.25) is 4.90 Å². The van der Waals surface area contributed by atoms with Crippen molar-refractivity contribution in [2.75, 3.05) is 40.9 Å². The van der Waals surface area contributed by atoms with E-state index in [1.807, 2.05) is 0 Å². The van der Waals surface area contributed by atoms with Gasteiger partial charge in [0, 0.05) is 25.7 Å². The number of hydrogen-bond acceptors (Lipinski definition) is 3. The molecule has 3 heteroatoms. The number of likely N-dealkylation sites (tertiary alicyclic amines) is 1. The summed E-state index contributed by atoms with van der Waals surface area (Å²) in [7, 11) is 6.11. The Bertz CT molecular complexity index is 150. The largest absolute Gasteiger partial charge is 0.383 e. The van der Waals surface area contributed by atoms with Gasteiger partial charge in [-0.15, -0.1) is 0 Å². The lowest BCUT2D eigenvalue weighted by atomic mass is 10.1. The first-order valence-corrected chi connectivity index (χ1v) is 5.08. The van der Waals surface area contributed by atoms with Gasteiger partial charge in [0.2, 0.25) is 0 Å². The van der Waals surface area contributed by atoms with Crippen molar-refractivity contribution in [1.82, 2.24) is 9.80 Å². The van der Waals surface area contributed by atoms with E-state index in [0.29, 0.717) is 12.1 Å². The van der Waals surface area contributed by atoms with Crippen molar-refractivity contribution < 1.29 is 4.74 Å². The summed E-state index contributed by atoms with van der Waals surface area (Å²) in [6.45, 7) is 5.43. The first kappa shape index (κ1) is 11.0. The van der Waals surface area contributed by atoms with Gasteiger partial charge in [-0.1, -0.05) is 6.92 Å². The van der Waals surface area contributed by atoms with E-state index in [4.69, 9.17) is 4.74 Å². The van der Waals surface area contributed by atoms with Gasteiger partial charge in [0.05, 0.1) is 6.61 Å². The summed E-state index contributed by atoms with van der Waals surface area (Å²) in [5, 5.41) is 0. The molecule has 0 amide bonds. The molecule has 0 bridgehead atoms. The molecule has 1 aliphatic rings. The second-order valence-corrected chi connectivity index (χ2v) is 4.05. The van der Waals surface area contributed by atoms with Crippen molar-refractivity contribution in [1.29, 1.82) is 0 Å². The van der Waals surface area contributed by atoms with Crippen molar-refractivity contribution in [2.24, 2.45) is 0 Å². The second-order valence-electron chi connectivity index (χ2n) is 4.05. The number of rotatable bonds is 4. The SMILES string of the molecule is CCN1CC(N(C)C)CC1COC. The van der Waals surface area contributed by atoms with Gasteiger partial charge in [-0.05, 0) is 27.1 Å². The fourth-order valence-corrected chi connectivity index (χ4v) is 2.08. The highest BCUT2D eigenvalue weighted by atomic mass is 16.5. The highest BCUT2D eigenvalue weighted by Gasteiger charge is 2.31. The minimum atomic E-state index is 0.627. The Balaban J connectivity index is 2.45. The minimum absolute atomic E-state index is 0.627. The third kappa shape index (κ3) is 2.66. The molecule has 0 radical (unpaired) electrons. The number of nitrogens with zero attached hydrogens (tertiary/aromatic N) is 2. The van der Waals surface area contributed by atoms with E-state index in [1.165, 1.54) is 13.0 Å². The van der Waals surface area contributed by atoms with E-state index in [-0.39, 0.29) is 0 Å². The molecule has 0 aromatic rings. The zero-order chi connectivity index (χ0) is 9.84. The third-order valence-electron chi connectivity index (χ3n) is 3.00. The average Bonchev–Trinajstić information content (AvgIpc) is 2.48. The van der Waals surface area contributed by atoms with Gasteiger partial charge < -0.3 is 9.64 Å². The molecule has 1 heterocycles. The van der Waals surface area contributed by atoms with Crippen molar-refractivity contribution in [3.05, 3.63) is 0 Å². The smallest absolute Gasteiger partial charge is 0.0618 e. The minimum Gasteiger partial charge on any atom is -0.383 e.